The number of aryl methyl sites for hydroxylation is 2. The monoisotopic (exact) mass is 280 g/mol. The van der Waals surface area contributed by atoms with Gasteiger partial charge in [-0.15, -0.1) is 0 Å². The minimum Gasteiger partial charge on any atom is -0.388 e. The van der Waals surface area contributed by atoms with Crippen molar-refractivity contribution in [1.82, 2.24) is 0 Å². The number of hydrogen-bond acceptors (Lipinski definition) is 1. The summed E-state index contributed by atoms with van der Waals surface area (Å²) in [6, 6.07) is 15.0. The summed E-state index contributed by atoms with van der Waals surface area (Å²) >= 11 is 0. The lowest BCUT2D eigenvalue weighted by atomic mass is 9.79. The normalized spacial score (nSPS) is 16.5. The summed E-state index contributed by atoms with van der Waals surface area (Å²) in [7, 11) is 0. The summed E-state index contributed by atoms with van der Waals surface area (Å²) in [5, 5.41) is 10.5. The molecule has 2 aromatic rings. The summed E-state index contributed by atoms with van der Waals surface area (Å²) in [6.07, 6.45) is 4.23. The molecule has 0 spiro atoms. The van der Waals surface area contributed by atoms with Crippen molar-refractivity contribution in [3.63, 3.8) is 0 Å². The molecule has 0 bridgehead atoms. The summed E-state index contributed by atoms with van der Waals surface area (Å²) in [5.41, 5.74) is 6.26. The summed E-state index contributed by atoms with van der Waals surface area (Å²) in [4.78, 5) is 0. The molecule has 0 amide bonds. The highest BCUT2D eigenvalue weighted by molar-refractivity contribution is 5.33. The lowest BCUT2D eigenvalue weighted by Crippen LogP contribution is -2.10. The maximum atomic E-state index is 10.5. The third-order valence-electron chi connectivity index (χ3n) is 4.87. The third-order valence-corrected chi connectivity index (χ3v) is 4.87. The van der Waals surface area contributed by atoms with Crippen LogP contribution in [0.4, 0.5) is 0 Å². The molecule has 0 aromatic heterocycles. The first kappa shape index (κ1) is 14.3. The Labute approximate surface area is 127 Å². The van der Waals surface area contributed by atoms with Gasteiger partial charge in [0.1, 0.15) is 0 Å². The molecular formula is C20H24O. The van der Waals surface area contributed by atoms with Crippen molar-refractivity contribution in [2.45, 2.75) is 51.6 Å². The van der Waals surface area contributed by atoms with Crippen molar-refractivity contribution in [2.75, 3.05) is 0 Å². The molecule has 0 saturated heterocycles. The minimum absolute atomic E-state index is 0.410. The Kier molecular flexibility index (Phi) is 4.12. The Morgan fingerprint density at radius 3 is 2.52 bits per heavy atom. The van der Waals surface area contributed by atoms with Crippen LogP contribution in [0, 0.1) is 13.8 Å². The van der Waals surface area contributed by atoms with E-state index >= 15 is 0 Å². The Hall–Kier alpha value is -1.60. The molecule has 0 radical (unpaired) electrons. The minimum atomic E-state index is -0.410. The van der Waals surface area contributed by atoms with Gasteiger partial charge in [0.25, 0.3) is 0 Å². The van der Waals surface area contributed by atoms with Crippen LogP contribution in [0.2, 0.25) is 0 Å². The number of benzene rings is 2. The van der Waals surface area contributed by atoms with Gasteiger partial charge in [-0.05, 0) is 60.4 Å². The van der Waals surface area contributed by atoms with E-state index in [1.807, 2.05) is 6.07 Å². The molecule has 1 atom stereocenters. The van der Waals surface area contributed by atoms with Crippen LogP contribution < -0.4 is 0 Å². The van der Waals surface area contributed by atoms with Crippen LogP contribution in [-0.4, -0.2) is 5.11 Å². The lowest BCUT2D eigenvalue weighted by Gasteiger charge is -2.26. The van der Waals surface area contributed by atoms with Crippen molar-refractivity contribution < 1.29 is 5.11 Å². The molecule has 1 N–H and O–H groups in total. The molecule has 2 aromatic carbocycles. The highest BCUT2D eigenvalue weighted by atomic mass is 16.3. The number of aliphatic hydroxyl groups excluding tert-OH is 1. The van der Waals surface area contributed by atoms with Crippen LogP contribution in [-0.2, 0) is 6.42 Å². The van der Waals surface area contributed by atoms with Crippen molar-refractivity contribution in [2.24, 2.45) is 0 Å². The Balaban J connectivity index is 1.75. The van der Waals surface area contributed by atoms with Gasteiger partial charge in [-0.1, -0.05) is 48.9 Å². The second kappa shape index (κ2) is 6.03. The van der Waals surface area contributed by atoms with Gasteiger partial charge in [0, 0.05) is 6.42 Å². The highest BCUT2D eigenvalue weighted by Crippen LogP contribution is 2.37. The van der Waals surface area contributed by atoms with Crippen LogP contribution in [0.15, 0.2) is 42.5 Å². The van der Waals surface area contributed by atoms with E-state index in [0.29, 0.717) is 6.42 Å². The third kappa shape index (κ3) is 3.19. The van der Waals surface area contributed by atoms with Crippen molar-refractivity contribution >= 4 is 0 Å². The van der Waals surface area contributed by atoms with Crippen LogP contribution in [0.1, 0.15) is 59.1 Å². The van der Waals surface area contributed by atoms with Gasteiger partial charge in [-0.3, -0.25) is 0 Å². The molecule has 1 unspecified atom stereocenters. The standard InChI is InChI=1S/C20H24O/c1-14-9-10-16(11-15(14)2)12-20(21)19-8-4-7-18(13-19)17-5-3-6-17/h4,7-11,13,17,20-21H,3,5-6,12H2,1-2H3. The smallest absolute Gasteiger partial charge is 0.0830 e. The average molecular weight is 280 g/mol. The van der Waals surface area contributed by atoms with Crippen LogP contribution in [0.5, 0.6) is 0 Å². The Morgan fingerprint density at radius 1 is 1.05 bits per heavy atom. The summed E-state index contributed by atoms with van der Waals surface area (Å²) in [6.45, 7) is 4.25. The SMILES string of the molecule is Cc1ccc(CC(O)c2cccc(C3CCC3)c2)cc1C. The molecule has 1 heteroatoms. The molecule has 0 heterocycles. The first-order valence-electron chi connectivity index (χ1n) is 7.97. The quantitative estimate of drug-likeness (QED) is 0.849. The predicted molar refractivity (Wildman–Crippen MR) is 87.6 cm³/mol. The first-order valence-corrected chi connectivity index (χ1v) is 7.97. The fraction of sp³-hybridized carbons (Fsp3) is 0.400. The van der Waals surface area contributed by atoms with E-state index in [0.717, 1.165) is 11.5 Å². The average Bonchev–Trinajstić information content (AvgIpc) is 2.41. The van der Waals surface area contributed by atoms with E-state index in [-0.39, 0.29) is 0 Å². The predicted octanol–water partition coefficient (Wildman–Crippen LogP) is 4.85. The Bertz CT molecular complexity index is 625. The van der Waals surface area contributed by atoms with E-state index in [2.05, 4.69) is 50.2 Å². The van der Waals surface area contributed by atoms with Gasteiger partial charge in [-0.25, -0.2) is 0 Å². The van der Waals surface area contributed by atoms with E-state index in [1.165, 1.54) is 41.5 Å². The zero-order valence-corrected chi connectivity index (χ0v) is 13.0. The number of rotatable bonds is 4. The van der Waals surface area contributed by atoms with Crippen LogP contribution in [0.3, 0.4) is 0 Å². The topological polar surface area (TPSA) is 20.2 Å². The molecule has 0 aliphatic heterocycles. The maximum absolute atomic E-state index is 10.5. The summed E-state index contributed by atoms with van der Waals surface area (Å²) in [5.74, 6) is 0.721. The largest absolute Gasteiger partial charge is 0.388 e. The van der Waals surface area contributed by atoms with Crippen molar-refractivity contribution in [3.8, 4) is 0 Å². The van der Waals surface area contributed by atoms with Gasteiger partial charge >= 0.3 is 0 Å². The van der Waals surface area contributed by atoms with Gasteiger partial charge in [-0.2, -0.15) is 0 Å². The molecule has 3 rings (SSSR count). The van der Waals surface area contributed by atoms with E-state index < -0.39 is 6.10 Å². The van der Waals surface area contributed by atoms with Crippen molar-refractivity contribution in [3.05, 3.63) is 70.3 Å². The van der Waals surface area contributed by atoms with Crippen molar-refractivity contribution in [1.29, 1.82) is 0 Å². The number of aliphatic hydroxyl groups is 1. The molecule has 110 valence electrons. The molecular weight excluding hydrogens is 256 g/mol. The van der Waals surface area contributed by atoms with E-state index in [1.54, 1.807) is 0 Å². The van der Waals surface area contributed by atoms with Gasteiger partial charge < -0.3 is 5.11 Å². The number of hydrogen-bond donors (Lipinski definition) is 1. The molecule has 1 aliphatic rings. The van der Waals surface area contributed by atoms with Crippen LogP contribution >= 0.6 is 0 Å². The highest BCUT2D eigenvalue weighted by Gasteiger charge is 2.20. The maximum Gasteiger partial charge on any atom is 0.0830 e. The zero-order valence-electron chi connectivity index (χ0n) is 13.0. The lowest BCUT2D eigenvalue weighted by molar-refractivity contribution is 0.178. The fourth-order valence-corrected chi connectivity index (χ4v) is 3.03. The van der Waals surface area contributed by atoms with Gasteiger partial charge in [0.05, 0.1) is 6.10 Å². The molecule has 1 fully saturated rings. The Morgan fingerprint density at radius 2 is 1.86 bits per heavy atom. The summed E-state index contributed by atoms with van der Waals surface area (Å²) < 4.78 is 0. The molecule has 1 aliphatic carbocycles. The van der Waals surface area contributed by atoms with E-state index in [9.17, 15) is 5.11 Å². The second-order valence-electron chi connectivity index (χ2n) is 6.44. The fourth-order valence-electron chi connectivity index (χ4n) is 3.03. The van der Waals surface area contributed by atoms with E-state index in [4.69, 9.17) is 0 Å². The molecule has 1 nitrogen and oxygen atoms in total. The van der Waals surface area contributed by atoms with Gasteiger partial charge in [0.15, 0.2) is 0 Å². The van der Waals surface area contributed by atoms with Crippen LogP contribution in [0.25, 0.3) is 0 Å². The molecule has 21 heavy (non-hydrogen) atoms. The van der Waals surface area contributed by atoms with Gasteiger partial charge in [0.2, 0.25) is 0 Å². The molecule has 1 saturated carbocycles. The zero-order chi connectivity index (χ0) is 14.8. The second-order valence-corrected chi connectivity index (χ2v) is 6.44. The first-order chi connectivity index (χ1) is 10.1.